The first-order valence-corrected chi connectivity index (χ1v) is 11.1. The highest BCUT2D eigenvalue weighted by atomic mass is 32.2. The van der Waals surface area contributed by atoms with Crippen molar-refractivity contribution in [1.82, 2.24) is 19.9 Å². The van der Waals surface area contributed by atoms with Gasteiger partial charge in [-0.15, -0.1) is 0 Å². The summed E-state index contributed by atoms with van der Waals surface area (Å²) >= 11 is 1.44. The average molecular weight is 454 g/mol. The van der Waals surface area contributed by atoms with E-state index in [-0.39, 0.29) is 12.5 Å². The third-order valence-corrected chi connectivity index (χ3v) is 6.02. The number of anilines is 1. The van der Waals surface area contributed by atoms with Crippen molar-refractivity contribution in [1.29, 1.82) is 0 Å². The number of hydrogen-bond acceptors (Lipinski definition) is 10. The van der Waals surface area contributed by atoms with E-state index in [1.807, 2.05) is 0 Å². The second kappa shape index (κ2) is 10.3. The Hall–Kier alpha value is -2.41. The summed E-state index contributed by atoms with van der Waals surface area (Å²) in [5, 5.41) is 24.2. The maximum atomic E-state index is 12.0. The highest BCUT2D eigenvalue weighted by Gasteiger charge is 2.44. The molecule has 0 bridgehead atoms. The van der Waals surface area contributed by atoms with Gasteiger partial charge in [-0.1, -0.05) is 0 Å². The van der Waals surface area contributed by atoms with Gasteiger partial charge in [0, 0.05) is 18.9 Å². The Kier molecular flexibility index (Phi) is 7.70. The molecule has 12 heteroatoms. The summed E-state index contributed by atoms with van der Waals surface area (Å²) in [5.74, 6) is 0.436. The molecular formula is C19H27N5O6S. The van der Waals surface area contributed by atoms with Crippen molar-refractivity contribution >= 4 is 40.5 Å². The monoisotopic (exact) mass is 453 g/mol. The number of carbonyl (C=O) groups is 2. The third-order valence-electron chi connectivity index (χ3n) is 4.93. The smallest absolute Gasteiger partial charge is 0.328 e. The number of thioether (sulfide) groups is 1. The van der Waals surface area contributed by atoms with Crippen LogP contribution in [0.25, 0.3) is 11.0 Å². The van der Waals surface area contributed by atoms with Crippen molar-refractivity contribution in [3.05, 3.63) is 18.6 Å². The lowest BCUT2D eigenvalue weighted by Gasteiger charge is -2.18. The zero-order valence-electron chi connectivity index (χ0n) is 17.3. The molecular weight excluding hydrogens is 426 g/mol. The molecule has 31 heavy (non-hydrogen) atoms. The van der Waals surface area contributed by atoms with Gasteiger partial charge in [0.1, 0.15) is 36.0 Å². The van der Waals surface area contributed by atoms with Gasteiger partial charge in [-0.3, -0.25) is 4.79 Å². The van der Waals surface area contributed by atoms with Crippen LogP contribution in [0.3, 0.4) is 0 Å². The summed E-state index contributed by atoms with van der Waals surface area (Å²) in [6.07, 6.45) is -0.301. The van der Waals surface area contributed by atoms with Crippen LogP contribution in [0.15, 0.2) is 18.6 Å². The first kappa shape index (κ1) is 23.3. The molecule has 3 heterocycles. The third kappa shape index (κ3) is 5.26. The van der Waals surface area contributed by atoms with Gasteiger partial charge in [0.25, 0.3) is 0 Å². The SMILES string of the molecule is CCOC(=O)C(CCSC[C@H]1OC(n2ccc3c(N)ncnc32)[C@H](O)[C@@H]1O)NC(C)=O. The van der Waals surface area contributed by atoms with E-state index in [1.54, 1.807) is 23.8 Å². The highest BCUT2D eigenvalue weighted by Crippen LogP contribution is 2.34. The summed E-state index contributed by atoms with van der Waals surface area (Å²) < 4.78 is 12.5. The van der Waals surface area contributed by atoms with Crippen molar-refractivity contribution in [3.63, 3.8) is 0 Å². The molecule has 5 N–H and O–H groups in total. The van der Waals surface area contributed by atoms with Crippen LogP contribution in [0.5, 0.6) is 0 Å². The average Bonchev–Trinajstić information content (AvgIpc) is 3.27. The number of nitrogen functional groups attached to an aromatic ring is 1. The molecule has 1 amide bonds. The Morgan fingerprint density at radius 1 is 1.39 bits per heavy atom. The van der Waals surface area contributed by atoms with Crippen LogP contribution >= 0.6 is 11.8 Å². The fraction of sp³-hybridized carbons (Fsp3) is 0.579. The number of esters is 1. The van der Waals surface area contributed by atoms with Gasteiger partial charge in [-0.05, 0) is 25.2 Å². The molecule has 0 spiro atoms. The van der Waals surface area contributed by atoms with Crippen molar-refractivity contribution in [2.24, 2.45) is 0 Å². The number of aromatic nitrogens is 3. The fourth-order valence-electron chi connectivity index (χ4n) is 3.43. The lowest BCUT2D eigenvalue weighted by atomic mass is 10.1. The van der Waals surface area contributed by atoms with E-state index in [9.17, 15) is 19.8 Å². The maximum Gasteiger partial charge on any atom is 0.328 e. The number of nitrogens with one attached hydrogen (secondary N) is 1. The number of nitrogens with two attached hydrogens (primary N) is 1. The molecule has 1 saturated heterocycles. The van der Waals surface area contributed by atoms with E-state index >= 15 is 0 Å². The number of carbonyl (C=O) groups excluding carboxylic acids is 2. The molecule has 170 valence electrons. The first-order valence-electron chi connectivity index (χ1n) is 9.93. The summed E-state index contributed by atoms with van der Waals surface area (Å²) in [4.78, 5) is 31.4. The quantitative estimate of drug-likeness (QED) is 0.296. The summed E-state index contributed by atoms with van der Waals surface area (Å²) in [7, 11) is 0. The van der Waals surface area contributed by atoms with Gasteiger partial charge in [-0.25, -0.2) is 14.8 Å². The minimum absolute atomic E-state index is 0.230. The van der Waals surface area contributed by atoms with E-state index in [0.717, 1.165) is 0 Å². The van der Waals surface area contributed by atoms with E-state index in [1.165, 1.54) is 25.0 Å². The molecule has 5 atom stereocenters. The minimum atomic E-state index is -1.15. The minimum Gasteiger partial charge on any atom is -0.464 e. The Bertz CT molecular complexity index is 924. The molecule has 2 aromatic rings. The first-order chi connectivity index (χ1) is 14.8. The van der Waals surface area contributed by atoms with E-state index < -0.39 is 36.6 Å². The number of amides is 1. The molecule has 1 aliphatic rings. The zero-order chi connectivity index (χ0) is 22.5. The van der Waals surface area contributed by atoms with Crippen LogP contribution < -0.4 is 11.1 Å². The fourth-order valence-corrected chi connectivity index (χ4v) is 4.51. The van der Waals surface area contributed by atoms with Crippen molar-refractivity contribution in [2.45, 2.75) is 50.8 Å². The van der Waals surface area contributed by atoms with Crippen molar-refractivity contribution in [3.8, 4) is 0 Å². The molecule has 11 nitrogen and oxygen atoms in total. The van der Waals surface area contributed by atoms with E-state index in [2.05, 4.69) is 15.3 Å². The zero-order valence-corrected chi connectivity index (χ0v) is 18.1. The molecule has 0 aromatic carbocycles. The van der Waals surface area contributed by atoms with Crippen LogP contribution in [-0.2, 0) is 19.1 Å². The van der Waals surface area contributed by atoms with Crippen LogP contribution in [0.2, 0.25) is 0 Å². The number of fused-ring (bicyclic) bond motifs is 1. The normalized spacial score (nSPS) is 24.3. The summed E-state index contributed by atoms with van der Waals surface area (Å²) in [6, 6.07) is 1.00. The maximum absolute atomic E-state index is 12.0. The molecule has 2 aromatic heterocycles. The largest absolute Gasteiger partial charge is 0.464 e. The molecule has 1 aliphatic heterocycles. The van der Waals surface area contributed by atoms with Gasteiger partial charge in [0.15, 0.2) is 6.23 Å². The Morgan fingerprint density at radius 2 is 2.16 bits per heavy atom. The molecule has 3 rings (SSSR count). The number of hydrogen-bond donors (Lipinski definition) is 4. The lowest BCUT2D eigenvalue weighted by molar-refractivity contribution is -0.147. The van der Waals surface area contributed by atoms with Gasteiger partial charge in [0.05, 0.1) is 18.1 Å². The van der Waals surface area contributed by atoms with E-state index in [0.29, 0.717) is 34.8 Å². The predicted octanol–water partition coefficient (Wildman–Crippen LogP) is -0.176. The van der Waals surface area contributed by atoms with Crippen LogP contribution in [0.4, 0.5) is 5.82 Å². The Balaban J connectivity index is 1.57. The summed E-state index contributed by atoms with van der Waals surface area (Å²) in [6.45, 7) is 3.27. The standard InChI is InChI=1S/C19H27N5O6S/c1-3-29-19(28)12(23-10(2)25)5-7-31-8-13-14(26)15(27)18(30-13)24-6-4-11-16(20)21-9-22-17(11)24/h4,6,9,12-15,18,26-27H,3,5,7-8H2,1-2H3,(H,23,25)(H2,20,21,22)/t12?,13-,14-,15-,18?/m1/s1. The van der Waals surface area contributed by atoms with Gasteiger partial charge < -0.3 is 35.3 Å². The van der Waals surface area contributed by atoms with Gasteiger partial charge in [-0.2, -0.15) is 11.8 Å². The van der Waals surface area contributed by atoms with Crippen LogP contribution in [0, 0.1) is 0 Å². The molecule has 0 aliphatic carbocycles. The molecule has 0 radical (unpaired) electrons. The van der Waals surface area contributed by atoms with Crippen LogP contribution in [0.1, 0.15) is 26.5 Å². The lowest BCUT2D eigenvalue weighted by Crippen LogP contribution is -2.41. The topological polar surface area (TPSA) is 162 Å². The Morgan fingerprint density at radius 3 is 2.87 bits per heavy atom. The number of nitrogens with zero attached hydrogens (tertiary/aromatic N) is 3. The van der Waals surface area contributed by atoms with Gasteiger partial charge >= 0.3 is 5.97 Å². The molecule has 0 saturated carbocycles. The number of aliphatic hydroxyl groups is 2. The van der Waals surface area contributed by atoms with Crippen molar-refractivity contribution < 1.29 is 29.3 Å². The molecule has 1 fully saturated rings. The predicted molar refractivity (Wildman–Crippen MR) is 114 cm³/mol. The van der Waals surface area contributed by atoms with E-state index in [4.69, 9.17) is 15.2 Å². The number of rotatable bonds is 9. The Labute approximate surface area is 183 Å². The highest BCUT2D eigenvalue weighted by molar-refractivity contribution is 7.99. The second-order valence-corrected chi connectivity index (χ2v) is 8.28. The second-order valence-electron chi connectivity index (χ2n) is 7.13. The molecule has 2 unspecified atom stereocenters. The van der Waals surface area contributed by atoms with Crippen molar-refractivity contribution in [2.75, 3.05) is 23.8 Å². The van der Waals surface area contributed by atoms with Crippen LogP contribution in [-0.4, -0.2) is 79.1 Å². The van der Waals surface area contributed by atoms with Gasteiger partial charge in [0.2, 0.25) is 5.91 Å². The number of aliphatic hydroxyl groups excluding tert-OH is 2. The summed E-state index contributed by atoms with van der Waals surface area (Å²) in [5.41, 5.74) is 6.36. The number of ether oxygens (including phenoxy) is 2.